The lowest BCUT2D eigenvalue weighted by Gasteiger charge is -2.41. The first-order valence-corrected chi connectivity index (χ1v) is 14.5. The van der Waals surface area contributed by atoms with E-state index in [2.05, 4.69) is 20.3 Å². The van der Waals surface area contributed by atoms with Gasteiger partial charge in [0.05, 0.1) is 11.3 Å². The Morgan fingerprint density at radius 2 is 1.61 bits per heavy atom. The first kappa shape index (κ1) is 27.3. The molecule has 0 amide bonds. The number of hydrogen-bond acceptors (Lipinski definition) is 7. The van der Waals surface area contributed by atoms with Crippen LogP contribution in [0.25, 0.3) is 0 Å². The molecule has 0 aromatic heterocycles. The second-order valence-electron chi connectivity index (χ2n) is 10.1. The minimum absolute atomic E-state index is 0.0869. The third kappa shape index (κ3) is 6.96. The number of alkyl halides is 3. The molecule has 0 atom stereocenters. The Balaban J connectivity index is 1.22. The number of piperidine rings is 1. The van der Waals surface area contributed by atoms with Crippen LogP contribution in [0.15, 0.2) is 23.4 Å². The number of piperazine rings is 1. The van der Waals surface area contributed by atoms with Crippen molar-refractivity contribution in [3.05, 3.63) is 28.7 Å². The fourth-order valence-electron chi connectivity index (χ4n) is 5.62. The van der Waals surface area contributed by atoms with Gasteiger partial charge in [-0.2, -0.15) is 13.2 Å². The van der Waals surface area contributed by atoms with Crippen LogP contribution in [0.1, 0.15) is 50.5 Å². The number of benzene rings is 1. The Labute approximate surface area is 211 Å². The van der Waals surface area contributed by atoms with E-state index >= 15 is 0 Å². The summed E-state index contributed by atoms with van der Waals surface area (Å²) in [6.45, 7) is 4.98. The molecule has 0 radical (unpaired) electrons. The van der Waals surface area contributed by atoms with Crippen molar-refractivity contribution < 1.29 is 21.6 Å². The normalized spacial score (nSPS) is 22.5. The van der Waals surface area contributed by atoms with E-state index in [0.29, 0.717) is 38.5 Å². The molecule has 1 aliphatic carbocycles. The van der Waals surface area contributed by atoms with Crippen molar-refractivity contribution in [3.63, 3.8) is 0 Å². The molecule has 2 aliphatic heterocycles. The Morgan fingerprint density at radius 1 is 0.944 bits per heavy atom. The molecule has 2 saturated heterocycles. The zero-order valence-corrected chi connectivity index (χ0v) is 21.4. The maximum absolute atomic E-state index is 13.2. The molecule has 0 bridgehead atoms. The van der Waals surface area contributed by atoms with Gasteiger partial charge in [0.25, 0.3) is 0 Å². The van der Waals surface area contributed by atoms with Crippen molar-refractivity contribution in [2.75, 3.05) is 56.9 Å². The van der Waals surface area contributed by atoms with Crippen molar-refractivity contribution in [1.82, 2.24) is 14.1 Å². The van der Waals surface area contributed by atoms with Gasteiger partial charge >= 0.3 is 6.18 Å². The maximum atomic E-state index is 13.2. The topological polar surface area (TPSA) is 85.3 Å². The highest BCUT2D eigenvalue weighted by Crippen LogP contribution is 2.38. The molecule has 12 heteroatoms. The second kappa shape index (κ2) is 11.7. The number of hydrogen-bond donors (Lipinski definition) is 1. The molecule has 0 spiro atoms. The SMILES string of the molecule is O=Nc1ccc(NC2CCN(S(=O)(=O)CCN3CCN(C4CCCCC4)CC3)CC2)cc1C(F)(F)F. The van der Waals surface area contributed by atoms with Crippen LogP contribution in [-0.2, 0) is 16.2 Å². The highest BCUT2D eigenvalue weighted by Gasteiger charge is 2.35. The van der Waals surface area contributed by atoms with Crippen molar-refractivity contribution in [1.29, 1.82) is 0 Å². The Hall–Kier alpha value is -1.76. The minimum atomic E-state index is -4.68. The fraction of sp³-hybridized carbons (Fsp3) is 0.750. The largest absolute Gasteiger partial charge is 0.418 e. The highest BCUT2D eigenvalue weighted by atomic mass is 32.2. The molecule has 1 saturated carbocycles. The Morgan fingerprint density at radius 3 is 2.22 bits per heavy atom. The summed E-state index contributed by atoms with van der Waals surface area (Å²) in [5.41, 5.74) is -1.49. The van der Waals surface area contributed by atoms with Crippen LogP contribution in [0, 0.1) is 4.91 Å². The number of halogens is 3. The van der Waals surface area contributed by atoms with E-state index in [1.807, 2.05) is 0 Å². The van der Waals surface area contributed by atoms with E-state index in [0.717, 1.165) is 38.3 Å². The molecule has 36 heavy (non-hydrogen) atoms. The summed E-state index contributed by atoms with van der Waals surface area (Å²) < 4.78 is 66.9. The molecule has 0 unspecified atom stereocenters. The zero-order valence-electron chi connectivity index (χ0n) is 20.5. The van der Waals surface area contributed by atoms with Gasteiger partial charge in [0.1, 0.15) is 5.69 Å². The lowest BCUT2D eigenvalue weighted by Crippen LogP contribution is -2.52. The Bertz CT molecular complexity index is 985. The van der Waals surface area contributed by atoms with Crippen LogP contribution >= 0.6 is 0 Å². The van der Waals surface area contributed by atoms with Crippen LogP contribution in [0.2, 0.25) is 0 Å². The second-order valence-corrected chi connectivity index (χ2v) is 12.2. The van der Waals surface area contributed by atoms with Gasteiger partial charge < -0.3 is 5.32 Å². The van der Waals surface area contributed by atoms with Crippen molar-refractivity contribution >= 4 is 21.4 Å². The van der Waals surface area contributed by atoms with Gasteiger partial charge in [0, 0.05) is 63.6 Å². The lowest BCUT2D eigenvalue weighted by atomic mass is 9.94. The average molecular weight is 532 g/mol. The van der Waals surface area contributed by atoms with E-state index < -0.39 is 27.5 Å². The van der Waals surface area contributed by atoms with Crippen LogP contribution < -0.4 is 5.32 Å². The predicted octanol–water partition coefficient (Wildman–Crippen LogP) is 4.26. The third-order valence-corrected chi connectivity index (χ3v) is 9.63. The molecule has 1 N–H and O–H groups in total. The number of nitrogens with one attached hydrogen (secondary N) is 1. The number of nitrogens with zero attached hydrogens (tertiary/aromatic N) is 4. The van der Waals surface area contributed by atoms with Gasteiger partial charge in [0.15, 0.2) is 0 Å². The smallest absolute Gasteiger partial charge is 0.382 e. The maximum Gasteiger partial charge on any atom is 0.418 e. The van der Waals surface area contributed by atoms with E-state index in [9.17, 15) is 26.5 Å². The fourth-order valence-corrected chi connectivity index (χ4v) is 7.13. The summed E-state index contributed by atoms with van der Waals surface area (Å²) in [6.07, 6.45) is 2.84. The monoisotopic (exact) mass is 531 g/mol. The van der Waals surface area contributed by atoms with Crippen LogP contribution in [0.4, 0.5) is 24.5 Å². The minimum Gasteiger partial charge on any atom is -0.382 e. The van der Waals surface area contributed by atoms with Gasteiger partial charge in [-0.05, 0) is 49.1 Å². The number of nitroso groups, excluding NO2 is 1. The quantitative estimate of drug-likeness (QED) is 0.505. The Kier molecular flexibility index (Phi) is 8.90. The zero-order chi connectivity index (χ0) is 25.8. The molecule has 1 aromatic carbocycles. The molecule has 202 valence electrons. The first-order valence-electron chi connectivity index (χ1n) is 12.9. The highest BCUT2D eigenvalue weighted by molar-refractivity contribution is 7.89. The van der Waals surface area contributed by atoms with E-state index in [1.165, 1.54) is 42.5 Å². The average Bonchev–Trinajstić information content (AvgIpc) is 2.88. The summed E-state index contributed by atoms with van der Waals surface area (Å²) in [5.74, 6) is 0.0869. The van der Waals surface area contributed by atoms with E-state index in [4.69, 9.17) is 0 Å². The van der Waals surface area contributed by atoms with E-state index in [1.54, 1.807) is 0 Å². The first-order chi connectivity index (χ1) is 17.2. The molecule has 1 aromatic rings. The van der Waals surface area contributed by atoms with Crippen molar-refractivity contribution in [2.45, 2.75) is 63.2 Å². The lowest BCUT2D eigenvalue weighted by molar-refractivity contribution is -0.137. The molecule has 3 fully saturated rings. The summed E-state index contributed by atoms with van der Waals surface area (Å²) >= 11 is 0. The van der Waals surface area contributed by atoms with Gasteiger partial charge in [-0.1, -0.05) is 19.3 Å². The van der Waals surface area contributed by atoms with Crippen LogP contribution in [-0.4, -0.2) is 86.2 Å². The molecular formula is C24H36F3N5O3S. The van der Waals surface area contributed by atoms with E-state index in [-0.39, 0.29) is 17.5 Å². The number of sulfonamides is 1. The molecule has 2 heterocycles. The summed E-state index contributed by atoms with van der Waals surface area (Å²) in [4.78, 5) is 15.5. The molecular weight excluding hydrogens is 495 g/mol. The summed E-state index contributed by atoms with van der Waals surface area (Å²) in [7, 11) is -3.39. The molecule has 3 aliphatic rings. The number of rotatable bonds is 8. The van der Waals surface area contributed by atoms with Gasteiger partial charge in [-0.3, -0.25) is 9.80 Å². The summed E-state index contributed by atoms with van der Waals surface area (Å²) in [5, 5.41) is 5.51. The van der Waals surface area contributed by atoms with Crippen LogP contribution in [0.3, 0.4) is 0 Å². The molecule has 4 rings (SSSR count). The van der Waals surface area contributed by atoms with Gasteiger partial charge in [0.2, 0.25) is 10.0 Å². The van der Waals surface area contributed by atoms with Gasteiger partial charge in [-0.15, -0.1) is 4.91 Å². The van der Waals surface area contributed by atoms with Crippen molar-refractivity contribution in [3.8, 4) is 0 Å². The predicted molar refractivity (Wildman–Crippen MR) is 134 cm³/mol. The van der Waals surface area contributed by atoms with Gasteiger partial charge in [-0.25, -0.2) is 12.7 Å². The number of anilines is 1. The third-order valence-electron chi connectivity index (χ3n) is 7.78. The van der Waals surface area contributed by atoms with Crippen LogP contribution in [0.5, 0.6) is 0 Å². The molecule has 8 nitrogen and oxygen atoms in total. The van der Waals surface area contributed by atoms with Crippen molar-refractivity contribution in [2.24, 2.45) is 5.18 Å². The standard InChI is InChI=1S/C24H36F3N5O3S/c25-24(26,27)22-18-20(6-7-23(22)29-33)28-19-8-10-32(11-9-19)36(34,35)17-16-30-12-14-31(15-13-30)21-4-2-1-3-5-21/h6-7,18-19,21,28H,1-5,8-17H2. The summed E-state index contributed by atoms with van der Waals surface area (Å²) in [6, 6.07) is 3.86.